The van der Waals surface area contributed by atoms with E-state index >= 15 is 0 Å². The number of carbonyl (C=O) groups excluding carboxylic acids is 1. The van der Waals surface area contributed by atoms with Crippen molar-refractivity contribution in [3.63, 3.8) is 0 Å². The van der Waals surface area contributed by atoms with Gasteiger partial charge in [0, 0.05) is 5.38 Å². The third kappa shape index (κ3) is 3.58. The Kier molecular flexibility index (Phi) is 4.74. The number of thiazole rings is 1. The molecule has 0 spiro atoms. The number of anilines is 1. The van der Waals surface area contributed by atoms with Crippen LogP contribution in [-0.2, 0) is 17.6 Å². The van der Waals surface area contributed by atoms with Gasteiger partial charge in [0.25, 0.3) is 5.91 Å². The number of carbonyl (C=O) groups is 2. The lowest BCUT2D eigenvalue weighted by Crippen LogP contribution is -2.12. The predicted molar refractivity (Wildman–Crippen MR) is 75.3 cm³/mol. The summed E-state index contributed by atoms with van der Waals surface area (Å²) in [5.74, 6) is -1.26. The van der Waals surface area contributed by atoms with Crippen LogP contribution in [0.25, 0.3) is 0 Å². The van der Waals surface area contributed by atoms with E-state index in [1.807, 2.05) is 6.92 Å². The molecule has 2 heterocycles. The predicted octanol–water partition coefficient (Wildman–Crippen LogP) is 1.83. The number of amides is 1. The highest BCUT2D eigenvalue weighted by Gasteiger charge is 2.17. The fourth-order valence-corrected chi connectivity index (χ4v) is 2.84. The fraction of sp³-hybridized carbons (Fsp3) is 0.364. The van der Waals surface area contributed by atoms with Crippen molar-refractivity contribution in [2.45, 2.75) is 26.2 Å². The normalized spacial score (nSPS) is 10.4. The molecule has 0 aliphatic rings. The van der Waals surface area contributed by atoms with Gasteiger partial charge in [0.15, 0.2) is 5.13 Å². The van der Waals surface area contributed by atoms with Gasteiger partial charge in [0.2, 0.25) is 0 Å². The number of nitrogens with one attached hydrogen (secondary N) is 1. The van der Waals surface area contributed by atoms with Crippen LogP contribution in [0.4, 0.5) is 5.13 Å². The number of carboxylic acids is 1. The Balaban J connectivity index is 2.05. The van der Waals surface area contributed by atoms with Crippen molar-refractivity contribution in [2.24, 2.45) is 0 Å². The van der Waals surface area contributed by atoms with Gasteiger partial charge >= 0.3 is 5.97 Å². The van der Waals surface area contributed by atoms with E-state index in [1.54, 1.807) is 5.38 Å². The van der Waals surface area contributed by atoms with Gasteiger partial charge in [-0.3, -0.25) is 14.9 Å². The van der Waals surface area contributed by atoms with E-state index in [-0.39, 0.29) is 12.3 Å². The topological polar surface area (TPSA) is 105 Å². The summed E-state index contributed by atoms with van der Waals surface area (Å²) in [7, 11) is 0. The minimum Gasteiger partial charge on any atom is -0.481 e. The lowest BCUT2D eigenvalue weighted by Gasteiger charge is -2.00. The third-order valence-electron chi connectivity index (χ3n) is 2.35. The number of aromatic nitrogens is 3. The van der Waals surface area contributed by atoms with Gasteiger partial charge < -0.3 is 5.11 Å². The molecular weight excluding hydrogens is 300 g/mol. The smallest absolute Gasteiger partial charge is 0.309 e. The van der Waals surface area contributed by atoms with Crippen molar-refractivity contribution in [1.29, 1.82) is 0 Å². The molecule has 0 fully saturated rings. The lowest BCUT2D eigenvalue weighted by atomic mass is 10.2. The van der Waals surface area contributed by atoms with Crippen LogP contribution < -0.4 is 5.32 Å². The summed E-state index contributed by atoms with van der Waals surface area (Å²) in [6.45, 7) is 2.00. The van der Waals surface area contributed by atoms with Crippen molar-refractivity contribution < 1.29 is 14.7 Å². The Labute approximate surface area is 122 Å². The van der Waals surface area contributed by atoms with Crippen LogP contribution in [0.2, 0.25) is 0 Å². The van der Waals surface area contributed by atoms with Gasteiger partial charge in [-0.05, 0) is 18.0 Å². The molecule has 0 aliphatic carbocycles. The molecule has 2 N–H and O–H groups in total. The van der Waals surface area contributed by atoms with E-state index in [1.165, 1.54) is 11.3 Å². The van der Waals surface area contributed by atoms with Gasteiger partial charge in [-0.2, -0.15) is 0 Å². The molecule has 20 heavy (non-hydrogen) atoms. The summed E-state index contributed by atoms with van der Waals surface area (Å²) in [5, 5.41) is 17.2. The summed E-state index contributed by atoms with van der Waals surface area (Å²) in [4.78, 5) is 27.2. The van der Waals surface area contributed by atoms with Crippen molar-refractivity contribution in [1.82, 2.24) is 14.6 Å². The lowest BCUT2D eigenvalue weighted by molar-refractivity contribution is -0.136. The highest BCUT2D eigenvalue weighted by molar-refractivity contribution is 7.14. The second kappa shape index (κ2) is 6.53. The summed E-state index contributed by atoms with van der Waals surface area (Å²) < 4.78 is 3.78. The quantitative estimate of drug-likeness (QED) is 0.843. The molecule has 0 saturated heterocycles. The molecule has 0 aromatic carbocycles. The Bertz CT molecular complexity index is 623. The maximum atomic E-state index is 12.1. The monoisotopic (exact) mass is 312 g/mol. The van der Waals surface area contributed by atoms with Gasteiger partial charge in [-0.15, -0.1) is 16.4 Å². The van der Waals surface area contributed by atoms with Crippen molar-refractivity contribution in [3.05, 3.63) is 21.6 Å². The number of nitrogens with zero attached hydrogens (tertiary/aromatic N) is 3. The average molecular weight is 312 g/mol. The Morgan fingerprint density at radius 2 is 2.25 bits per heavy atom. The first-order valence-electron chi connectivity index (χ1n) is 5.89. The van der Waals surface area contributed by atoms with E-state index in [9.17, 15) is 9.59 Å². The molecule has 0 aliphatic heterocycles. The van der Waals surface area contributed by atoms with Crippen LogP contribution in [-0.4, -0.2) is 31.6 Å². The van der Waals surface area contributed by atoms with Crippen LogP contribution in [0, 0.1) is 0 Å². The summed E-state index contributed by atoms with van der Waals surface area (Å²) in [5.41, 5.74) is 1.10. The summed E-state index contributed by atoms with van der Waals surface area (Å²) >= 11 is 2.24. The number of aliphatic carboxylic acids is 1. The molecule has 0 saturated carbocycles. The van der Waals surface area contributed by atoms with Crippen molar-refractivity contribution >= 4 is 39.9 Å². The molecule has 0 atom stereocenters. The minimum absolute atomic E-state index is 0.157. The molecule has 0 radical (unpaired) electrons. The minimum atomic E-state index is -0.954. The first kappa shape index (κ1) is 14.5. The molecular formula is C11H12N4O3S2. The molecule has 7 nitrogen and oxygen atoms in total. The third-order valence-corrected chi connectivity index (χ3v) is 3.93. The summed E-state index contributed by atoms with van der Waals surface area (Å²) in [6.07, 6.45) is 1.42. The van der Waals surface area contributed by atoms with Crippen molar-refractivity contribution in [3.8, 4) is 0 Å². The highest BCUT2D eigenvalue weighted by atomic mass is 32.1. The van der Waals surface area contributed by atoms with Crippen LogP contribution in [0.5, 0.6) is 0 Å². The van der Waals surface area contributed by atoms with Gasteiger partial charge in [-0.1, -0.05) is 17.8 Å². The zero-order chi connectivity index (χ0) is 14.5. The van der Waals surface area contributed by atoms with Crippen LogP contribution in [0.3, 0.4) is 0 Å². The number of aryl methyl sites for hydroxylation is 1. The largest absolute Gasteiger partial charge is 0.481 e. The maximum Gasteiger partial charge on any atom is 0.309 e. The average Bonchev–Trinajstić information content (AvgIpc) is 2.98. The Morgan fingerprint density at radius 3 is 2.95 bits per heavy atom. The molecule has 0 unspecified atom stereocenters. The molecule has 0 bridgehead atoms. The SMILES string of the molecule is CCCc1nnsc1C(=O)Nc1nc(CC(=O)O)cs1. The summed E-state index contributed by atoms with van der Waals surface area (Å²) in [6, 6.07) is 0. The standard InChI is InChI=1S/C11H12N4O3S2/c1-2-3-7-9(20-15-14-7)10(18)13-11-12-6(5-19-11)4-8(16)17/h5H,2-4H2,1H3,(H,16,17)(H,12,13,18). The Hall–Kier alpha value is -1.87. The first-order valence-corrected chi connectivity index (χ1v) is 7.54. The van der Waals surface area contributed by atoms with Gasteiger partial charge in [-0.25, -0.2) is 4.98 Å². The number of rotatable bonds is 6. The first-order chi connectivity index (χ1) is 9.60. The number of hydrogen-bond donors (Lipinski definition) is 2. The zero-order valence-electron chi connectivity index (χ0n) is 10.6. The number of carboxylic acid groups (broad SMARTS) is 1. The maximum absolute atomic E-state index is 12.1. The Morgan fingerprint density at radius 1 is 1.45 bits per heavy atom. The fourth-order valence-electron chi connectivity index (χ4n) is 1.54. The second-order valence-corrected chi connectivity index (χ2v) is 5.58. The molecule has 9 heteroatoms. The van der Waals surface area contributed by atoms with Crippen LogP contribution in [0.15, 0.2) is 5.38 Å². The van der Waals surface area contributed by atoms with E-state index < -0.39 is 5.97 Å². The molecule has 106 valence electrons. The van der Waals surface area contributed by atoms with E-state index in [4.69, 9.17) is 5.11 Å². The van der Waals surface area contributed by atoms with E-state index in [2.05, 4.69) is 19.9 Å². The molecule has 1 amide bonds. The highest BCUT2D eigenvalue weighted by Crippen LogP contribution is 2.19. The second-order valence-electron chi connectivity index (χ2n) is 3.97. The molecule has 2 aromatic rings. The van der Waals surface area contributed by atoms with E-state index in [0.717, 1.165) is 18.0 Å². The van der Waals surface area contributed by atoms with Gasteiger partial charge in [0.05, 0.1) is 17.8 Å². The van der Waals surface area contributed by atoms with Crippen LogP contribution in [0.1, 0.15) is 34.4 Å². The van der Waals surface area contributed by atoms with Crippen molar-refractivity contribution in [2.75, 3.05) is 5.32 Å². The number of hydrogen-bond acceptors (Lipinski definition) is 7. The van der Waals surface area contributed by atoms with E-state index in [0.29, 0.717) is 27.8 Å². The molecule has 2 aromatic heterocycles. The molecule has 2 rings (SSSR count). The zero-order valence-corrected chi connectivity index (χ0v) is 12.3. The van der Waals surface area contributed by atoms with Crippen LogP contribution >= 0.6 is 22.9 Å². The van der Waals surface area contributed by atoms with Gasteiger partial charge in [0.1, 0.15) is 4.88 Å².